The summed E-state index contributed by atoms with van der Waals surface area (Å²) in [5.41, 5.74) is 27.9. The third-order valence-electron chi connectivity index (χ3n) is 15.8. The van der Waals surface area contributed by atoms with E-state index in [4.69, 9.17) is 15.0 Å². The van der Waals surface area contributed by atoms with Gasteiger partial charge in [-0.25, -0.2) is 0 Å². The van der Waals surface area contributed by atoms with E-state index in [0.29, 0.717) is 0 Å². The summed E-state index contributed by atoms with van der Waals surface area (Å²) < 4.78 is 0. The number of rotatable bonds is 13. The number of aromatic nitrogens is 4. The molecule has 4 heterocycles. The maximum absolute atomic E-state index is 4.97. The van der Waals surface area contributed by atoms with Crippen molar-refractivity contribution in [1.29, 1.82) is 0 Å². The molecule has 0 saturated carbocycles. The lowest BCUT2D eigenvalue weighted by molar-refractivity contribution is 1.25. The molecule has 0 amide bonds. The highest BCUT2D eigenvalue weighted by Gasteiger charge is 2.21. The molecule has 0 fully saturated rings. The largest absolute Gasteiger partial charge is 0.256 e. The minimum Gasteiger partial charge on any atom is -0.256 e. The zero-order valence-electron chi connectivity index (χ0n) is 46.0. The van der Waals surface area contributed by atoms with Crippen molar-refractivity contribution >= 4 is 0 Å². The summed E-state index contributed by atoms with van der Waals surface area (Å²) in [6, 6.07) is 109. The summed E-state index contributed by atoms with van der Waals surface area (Å²) in [6.45, 7) is 0. The molecule has 10 aromatic carbocycles. The van der Waals surface area contributed by atoms with Crippen LogP contribution in [0.4, 0.5) is 0 Å². The van der Waals surface area contributed by atoms with Gasteiger partial charge in [0.25, 0.3) is 0 Å². The predicted octanol–water partition coefficient (Wildman–Crippen LogP) is 20.9. The van der Waals surface area contributed by atoms with Crippen molar-refractivity contribution in [2.75, 3.05) is 0 Å². The van der Waals surface area contributed by atoms with E-state index >= 15 is 0 Å². The normalized spacial score (nSPS) is 11.1. The van der Waals surface area contributed by atoms with Gasteiger partial charge < -0.3 is 0 Å². The van der Waals surface area contributed by atoms with Gasteiger partial charge in [0.15, 0.2) is 0 Å². The Morgan fingerprint density at radius 1 is 0.143 bits per heavy atom. The maximum atomic E-state index is 4.97. The molecular weight excluding hydrogens is 1020 g/mol. The fraction of sp³-hybridized carbons (Fsp3) is 0. The SMILES string of the molecule is c1ccc(-c2cccc(-c3cc(-c4ccccn4)ccc3-c3ccccc3-c3cc(-c4ccccc4-c4ccc(-c5ccccn5)nc4)cc(-c4ccccc4-c4ccc(-c5ccccn5)cc4-c4cccc(-c5ccccc5)c4)c3)c2)cc1. The molecule has 0 atom stereocenters. The molecule has 0 bridgehead atoms. The molecular formula is C80H54N4. The maximum Gasteiger partial charge on any atom is 0.0886 e. The van der Waals surface area contributed by atoms with E-state index in [1.54, 1.807) is 0 Å². The topological polar surface area (TPSA) is 51.6 Å². The number of hydrogen-bond acceptors (Lipinski definition) is 4. The van der Waals surface area contributed by atoms with Crippen molar-refractivity contribution in [3.8, 4) is 145 Å². The second-order valence-electron chi connectivity index (χ2n) is 20.9. The molecule has 0 aliphatic heterocycles. The average molecular weight is 1070 g/mol. The molecule has 4 heteroatoms. The predicted molar refractivity (Wildman–Crippen MR) is 348 cm³/mol. The third-order valence-corrected chi connectivity index (χ3v) is 15.8. The molecule has 0 radical (unpaired) electrons. The van der Waals surface area contributed by atoms with Gasteiger partial charge in [-0.3, -0.25) is 19.9 Å². The molecule has 0 spiro atoms. The smallest absolute Gasteiger partial charge is 0.0886 e. The van der Waals surface area contributed by atoms with E-state index < -0.39 is 0 Å². The van der Waals surface area contributed by atoms with Crippen LogP contribution in [-0.2, 0) is 0 Å². The highest BCUT2D eigenvalue weighted by molar-refractivity contribution is 5.99. The summed E-state index contributed by atoms with van der Waals surface area (Å²) in [5, 5.41) is 0. The highest BCUT2D eigenvalue weighted by atomic mass is 14.8. The molecule has 4 aromatic heterocycles. The minimum atomic E-state index is 0.827. The van der Waals surface area contributed by atoms with E-state index in [-0.39, 0.29) is 0 Å². The Labute approximate surface area is 490 Å². The van der Waals surface area contributed by atoms with Gasteiger partial charge in [0.2, 0.25) is 0 Å². The van der Waals surface area contributed by atoms with Gasteiger partial charge in [-0.1, -0.05) is 218 Å². The van der Waals surface area contributed by atoms with Gasteiger partial charge >= 0.3 is 0 Å². The van der Waals surface area contributed by atoms with Crippen molar-refractivity contribution in [3.05, 3.63) is 328 Å². The zero-order valence-corrected chi connectivity index (χ0v) is 46.0. The molecule has 0 saturated heterocycles. The summed E-state index contributed by atoms with van der Waals surface area (Å²) in [7, 11) is 0. The lowest BCUT2D eigenvalue weighted by Crippen LogP contribution is -1.95. The highest BCUT2D eigenvalue weighted by Crippen LogP contribution is 2.47. The number of nitrogens with zero attached hydrogens (tertiary/aromatic N) is 4. The first-order valence-electron chi connectivity index (χ1n) is 28.4. The lowest BCUT2D eigenvalue weighted by Gasteiger charge is -2.20. The number of hydrogen-bond donors (Lipinski definition) is 0. The van der Waals surface area contributed by atoms with Crippen LogP contribution in [-0.4, -0.2) is 19.9 Å². The van der Waals surface area contributed by atoms with Crippen molar-refractivity contribution in [3.63, 3.8) is 0 Å². The summed E-state index contributed by atoms with van der Waals surface area (Å²) >= 11 is 0. The Morgan fingerprint density at radius 3 is 0.881 bits per heavy atom. The van der Waals surface area contributed by atoms with Gasteiger partial charge in [0, 0.05) is 41.5 Å². The van der Waals surface area contributed by atoms with Gasteiger partial charge in [-0.2, -0.15) is 0 Å². The molecule has 4 nitrogen and oxygen atoms in total. The Morgan fingerprint density at radius 2 is 0.464 bits per heavy atom. The lowest BCUT2D eigenvalue weighted by atomic mass is 9.83. The van der Waals surface area contributed by atoms with Crippen LogP contribution in [0.25, 0.3) is 145 Å². The standard InChI is InChI=1S/C80H54N4/c1-3-21-55(22-4-1)57-25-19-27-59(47-57)75-52-61(77-35-13-16-44-81-77)38-41-73(75)71-33-11-9-31-69(71)65-49-64(68-30-8-7-29-67(68)63-40-43-80(84-54-63)79-37-15-18-46-83-79)50-66(51-65)70-32-10-12-34-72(70)74-42-39-62(78-36-14-17-45-82-78)53-76(74)60-28-20-26-58(48-60)56-23-5-2-6-24-56/h1-54H. The summed E-state index contributed by atoms with van der Waals surface area (Å²) in [5.74, 6) is 0. The molecule has 0 aliphatic rings. The van der Waals surface area contributed by atoms with Crippen LogP contribution < -0.4 is 0 Å². The monoisotopic (exact) mass is 1070 g/mol. The van der Waals surface area contributed by atoms with Crippen molar-refractivity contribution in [2.45, 2.75) is 0 Å². The molecule has 0 N–H and O–H groups in total. The molecule has 84 heavy (non-hydrogen) atoms. The van der Waals surface area contributed by atoms with Crippen LogP contribution >= 0.6 is 0 Å². The van der Waals surface area contributed by atoms with Crippen LogP contribution in [0.1, 0.15) is 0 Å². The Balaban J connectivity index is 0.979. The van der Waals surface area contributed by atoms with E-state index in [0.717, 1.165) is 134 Å². The summed E-state index contributed by atoms with van der Waals surface area (Å²) in [6.07, 6.45) is 7.52. The second kappa shape index (κ2) is 23.1. The van der Waals surface area contributed by atoms with E-state index in [9.17, 15) is 0 Å². The van der Waals surface area contributed by atoms with Crippen molar-refractivity contribution < 1.29 is 0 Å². The zero-order chi connectivity index (χ0) is 56.0. The number of pyridine rings is 4. The minimum absolute atomic E-state index is 0.827. The fourth-order valence-electron chi connectivity index (χ4n) is 11.7. The molecule has 394 valence electrons. The third kappa shape index (κ3) is 10.4. The van der Waals surface area contributed by atoms with Crippen LogP contribution in [0.3, 0.4) is 0 Å². The molecule has 14 rings (SSSR count). The molecule has 0 unspecified atom stereocenters. The number of benzene rings is 10. The van der Waals surface area contributed by atoms with Gasteiger partial charge in [0.1, 0.15) is 0 Å². The van der Waals surface area contributed by atoms with Crippen molar-refractivity contribution in [1.82, 2.24) is 19.9 Å². The Bertz CT molecular complexity index is 4390. The van der Waals surface area contributed by atoms with E-state index in [1.807, 2.05) is 55.1 Å². The molecule has 0 aliphatic carbocycles. The fourth-order valence-corrected chi connectivity index (χ4v) is 11.7. The van der Waals surface area contributed by atoms with Gasteiger partial charge in [-0.05, 0) is 191 Å². The molecule has 14 aromatic rings. The first-order valence-corrected chi connectivity index (χ1v) is 28.4. The van der Waals surface area contributed by atoms with E-state index in [2.05, 4.69) is 278 Å². The van der Waals surface area contributed by atoms with Crippen LogP contribution in [0.5, 0.6) is 0 Å². The second-order valence-corrected chi connectivity index (χ2v) is 20.9. The Hall–Kier alpha value is -11.2. The Kier molecular flexibility index (Phi) is 14.0. The van der Waals surface area contributed by atoms with Crippen LogP contribution in [0, 0.1) is 0 Å². The van der Waals surface area contributed by atoms with Crippen molar-refractivity contribution in [2.24, 2.45) is 0 Å². The van der Waals surface area contributed by atoms with Gasteiger partial charge in [0.05, 0.1) is 22.8 Å². The summed E-state index contributed by atoms with van der Waals surface area (Å²) in [4.78, 5) is 19.2. The van der Waals surface area contributed by atoms with E-state index in [1.165, 1.54) is 11.1 Å². The quantitative estimate of drug-likeness (QED) is 0.115. The van der Waals surface area contributed by atoms with Crippen LogP contribution in [0.15, 0.2) is 328 Å². The average Bonchev–Trinajstić information content (AvgIpc) is 3.60. The first kappa shape index (κ1) is 51.0. The first-order chi connectivity index (χ1) is 41.6. The van der Waals surface area contributed by atoms with Gasteiger partial charge in [-0.15, -0.1) is 0 Å². The van der Waals surface area contributed by atoms with Crippen LogP contribution in [0.2, 0.25) is 0 Å².